The molecule has 0 aliphatic rings. The quantitative estimate of drug-likeness (QED) is 0.790. The van der Waals surface area contributed by atoms with Crippen molar-refractivity contribution >= 4 is 5.97 Å². The summed E-state index contributed by atoms with van der Waals surface area (Å²) in [6, 6.07) is 7.67. The number of aliphatic carboxylic acids is 1. The van der Waals surface area contributed by atoms with E-state index in [0.29, 0.717) is 12.2 Å². The van der Waals surface area contributed by atoms with Crippen LogP contribution >= 0.6 is 0 Å². The second-order valence-electron chi connectivity index (χ2n) is 4.13. The molecular weight excluding hydrogens is 216 g/mol. The van der Waals surface area contributed by atoms with E-state index in [4.69, 9.17) is 9.84 Å². The molecule has 1 N–H and O–H groups in total. The lowest BCUT2D eigenvalue weighted by Gasteiger charge is -2.14. The molecule has 0 heterocycles. The second kappa shape index (κ2) is 6.94. The van der Waals surface area contributed by atoms with E-state index in [1.165, 1.54) is 5.56 Å². The van der Waals surface area contributed by atoms with Gasteiger partial charge in [-0.3, -0.25) is 0 Å². The molecule has 0 radical (unpaired) electrons. The van der Waals surface area contributed by atoms with Crippen molar-refractivity contribution in [3.63, 3.8) is 0 Å². The van der Waals surface area contributed by atoms with Gasteiger partial charge in [-0.2, -0.15) is 0 Å². The average Bonchev–Trinajstić information content (AvgIpc) is 2.31. The number of aryl methyl sites for hydroxylation is 1. The van der Waals surface area contributed by atoms with Gasteiger partial charge in [-0.25, -0.2) is 4.79 Å². The number of rotatable bonds is 7. The summed E-state index contributed by atoms with van der Waals surface area (Å²) in [5.74, 6) is -0.268. The van der Waals surface area contributed by atoms with Crippen LogP contribution in [-0.4, -0.2) is 17.2 Å². The van der Waals surface area contributed by atoms with Crippen molar-refractivity contribution in [2.75, 3.05) is 0 Å². The van der Waals surface area contributed by atoms with Crippen molar-refractivity contribution in [1.82, 2.24) is 0 Å². The van der Waals surface area contributed by atoms with Gasteiger partial charge >= 0.3 is 5.97 Å². The highest BCUT2D eigenvalue weighted by molar-refractivity contribution is 5.72. The zero-order chi connectivity index (χ0) is 12.7. The van der Waals surface area contributed by atoms with Crippen molar-refractivity contribution in [2.24, 2.45) is 0 Å². The van der Waals surface area contributed by atoms with Crippen LogP contribution in [0.3, 0.4) is 0 Å². The van der Waals surface area contributed by atoms with E-state index >= 15 is 0 Å². The van der Waals surface area contributed by atoms with Crippen molar-refractivity contribution in [1.29, 1.82) is 0 Å². The maximum absolute atomic E-state index is 10.9. The number of carboxylic acids is 1. The molecule has 0 saturated heterocycles. The number of carbonyl (C=O) groups is 1. The molecule has 1 aromatic carbocycles. The first-order valence-electron chi connectivity index (χ1n) is 6.15. The summed E-state index contributed by atoms with van der Waals surface area (Å²) >= 11 is 0. The van der Waals surface area contributed by atoms with Crippen molar-refractivity contribution < 1.29 is 14.6 Å². The Hall–Kier alpha value is -1.51. The van der Waals surface area contributed by atoms with Crippen LogP contribution in [0.5, 0.6) is 5.75 Å². The van der Waals surface area contributed by atoms with Gasteiger partial charge in [0.2, 0.25) is 0 Å². The van der Waals surface area contributed by atoms with Gasteiger partial charge in [0, 0.05) is 0 Å². The third-order valence-electron chi connectivity index (χ3n) is 2.57. The molecule has 3 heteroatoms. The first-order chi connectivity index (χ1) is 8.17. The normalized spacial score (nSPS) is 12.1. The molecule has 1 aromatic rings. The number of hydrogen-bond acceptors (Lipinski definition) is 2. The Morgan fingerprint density at radius 3 is 2.35 bits per heavy atom. The fourth-order valence-electron chi connectivity index (χ4n) is 1.68. The minimum absolute atomic E-state index is 0.534. The van der Waals surface area contributed by atoms with Crippen LogP contribution in [0.4, 0.5) is 0 Å². The summed E-state index contributed by atoms with van der Waals surface area (Å²) in [6.45, 7) is 4.08. The van der Waals surface area contributed by atoms with Crippen LogP contribution in [0, 0.1) is 0 Å². The van der Waals surface area contributed by atoms with Gasteiger partial charge in [0.25, 0.3) is 0 Å². The lowest BCUT2D eigenvalue weighted by molar-refractivity contribution is -0.145. The second-order valence-corrected chi connectivity index (χ2v) is 4.13. The van der Waals surface area contributed by atoms with Gasteiger partial charge in [0.15, 0.2) is 6.10 Å². The van der Waals surface area contributed by atoms with Crippen molar-refractivity contribution in [3.05, 3.63) is 29.8 Å². The number of carboxylic acid groups (broad SMARTS) is 1. The molecule has 0 saturated carbocycles. The summed E-state index contributed by atoms with van der Waals surface area (Å²) in [4.78, 5) is 10.9. The van der Waals surface area contributed by atoms with E-state index in [1.807, 2.05) is 31.2 Å². The molecule has 1 unspecified atom stereocenters. The van der Waals surface area contributed by atoms with Gasteiger partial charge in [-0.1, -0.05) is 38.8 Å². The van der Waals surface area contributed by atoms with Crippen LogP contribution in [0.1, 0.15) is 38.7 Å². The Bertz CT molecular complexity index is 343. The number of hydrogen-bond donors (Lipinski definition) is 1. The van der Waals surface area contributed by atoms with Gasteiger partial charge in [-0.15, -0.1) is 0 Å². The zero-order valence-corrected chi connectivity index (χ0v) is 10.5. The average molecular weight is 236 g/mol. The fourth-order valence-corrected chi connectivity index (χ4v) is 1.68. The van der Waals surface area contributed by atoms with Crippen molar-refractivity contribution in [3.8, 4) is 5.75 Å². The first kappa shape index (κ1) is 13.6. The van der Waals surface area contributed by atoms with E-state index < -0.39 is 12.1 Å². The van der Waals surface area contributed by atoms with Gasteiger partial charge in [0.05, 0.1) is 0 Å². The first-order valence-corrected chi connectivity index (χ1v) is 6.15. The molecule has 94 valence electrons. The molecule has 0 bridgehead atoms. The van der Waals surface area contributed by atoms with E-state index in [2.05, 4.69) is 6.92 Å². The Morgan fingerprint density at radius 1 is 1.24 bits per heavy atom. The van der Waals surface area contributed by atoms with E-state index in [1.54, 1.807) is 0 Å². The van der Waals surface area contributed by atoms with Crippen LogP contribution in [0.2, 0.25) is 0 Å². The number of ether oxygens (including phenoxy) is 1. The minimum Gasteiger partial charge on any atom is -0.479 e. The summed E-state index contributed by atoms with van der Waals surface area (Å²) in [6.07, 6.45) is 2.74. The highest BCUT2D eigenvalue weighted by Crippen LogP contribution is 2.16. The smallest absolute Gasteiger partial charge is 0.344 e. The predicted molar refractivity (Wildman–Crippen MR) is 67.4 cm³/mol. The zero-order valence-electron chi connectivity index (χ0n) is 10.5. The van der Waals surface area contributed by atoms with Gasteiger partial charge in [0.1, 0.15) is 5.75 Å². The van der Waals surface area contributed by atoms with Crippen LogP contribution in [0.25, 0.3) is 0 Å². The van der Waals surface area contributed by atoms with Crippen LogP contribution in [0.15, 0.2) is 24.3 Å². The Balaban J connectivity index is 2.63. The van der Waals surface area contributed by atoms with Gasteiger partial charge < -0.3 is 9.84 Å². The fraction of sp³-hybridized carbons (Fsp3) is 0.500. The highest BCUT2D eigenvalue weighted by atomic mass is 16.5. The van der Waals surface area contributed by atoms with E-state index in [-0.39, 0.29) is 0 Å². The van der Waals surface area contributed by atoms with Gasteiger partial charge in [-0.05, 0) is 30.5 Å². The summed E-state index contributed by atoms with van der Waals surface area (Å²) in [5, 5.41) is 8.98. The Labute approximate surface area is 102 Å². The lowest BCUT2D eigenvalue weighted by Crippen LogP contribution is -2.26. The molecular formula is C14H20O3. The number of benzene rings is 1. The van der Waals surface area contributed by atoms with E-state index in [0.717, 1.165) is 19.3 Å². The molecule has 17 heavy (non-hydrogen) atoms. The van der Waals surface area contributed by atoms with Crippen LogP contribution < -0.4 is 4.74 Å². The maximum atomic E-state index is 10.9. The monoisotopic (exact) mass is 236 g/mol. The largest absolute Gasteiger partial charge is 0.479 e. The SMILES string of the molecule is CCCc1ccc(OC(CCC)C(=O)O)cc1. The molecule has 1 rings (SSSR count). The summed E-state index contributed by atoms with van der Waals surface area (Å²) in [5.41, 5.74) is 1.25. The molecule has 0 fully saturated rings. The molecule has 1 atom stereocenters. The maximum Gasteiger partial charge on any atom is 0.344 e. The standard InChI is InChI=1S/C14H20O3/c1-3-5-11-7-9-12(10-8-11)17-13(6-4-2)14(15)16/h7-10,13H,3-6H2,1-2H3,(H,15,16). The van der Waals surface area contributed by atoms with E-state index in [9.17, 15) is 4.79 Å². The topological polar surface area (TPSA) is 46.5 Å². The predicted octanol–water partition coefficient (Wildman–Crippen LogP) is 3.27. The third-order valence-corrected chi connectivity index (χ3v) is 2.57. The summed E-state index contributed by atoms with van der Waals surface area (Å²) < 4.78 is 5.45. The molecule has 0 aliphatic heterocycles. The van der Waals surface area contributed by atoms with Crippen molar-refractivity contribution in [2.45, 2.75) is 45.6 Å². The Morgan fingerprint density at radius 2 is 1.88 bits per heavy atom. The highest BCUT2D eigenvalue weighted by Gasteiger charge is 2.17. The third kappa shape index (κ3) is 4.47. The molecule has 0 aliphatic carbocycles. The molecule has 0 amide bonds. The molecule has 0 aromatic heterocycles. The molecule has 3 nitrogen and oxygen atoms in total. The molecule has 0 spiro atoms. The summed E-state index contributed by atoms with van der Waals surface area (Å²) in [7, 11) is 0. The van der Waals surface area contributed by atoms with Crippen LogP contribution in [-0.2, 0) is 11.2 Å². The lowest BCUT2D eigenvalue weighted by atomic mass is 10.1. The Kier molecular flexibility index (Phi) is 5.53. The minimum atomic E-state index is -0.899.